The number of carbonyl (C=O) groups excluding carboxylic acids is 3. The smallest absolute Gasteiger partial charge is 0.341 e. The number of esters is 1. The predicted octanol–water partition coefficient (Wildman–Crippen LogP) is 3.69. The fourth-order valence-corrected chi connectivity index (χ4v) is 4.73. The van der Waals surface area contributed by atoms with Crippen molar-refractivity contribution in [1.29, 1.82) is 0 Å². The first kappa shape index (κ1) is 20.3. The van der Waals surface area contributed by atoms with Crippen LogP contribution in [0.1, 0.15) is 55.1 Å². The zero-order chi connectivity index (χ0) is 21.3. The van der Waals surface area contributed by atoms with Gasteiger partial charge >= 0.3 is 5.97 Å². The van der Waals surface area contributed by atoms with Crippen LogP contribution in [0, 0.1) is 24.7 Å². The van der Waals surface area contributed by atoms with Gasteiger partial charge in [-0.3, -0.25) is 9.59 Å². The van der Waals surface area contributed by atoms with Crippen molar-refractivity contribution in [3.63, 3.8) is 0 Å². The lowest BCUT2D eigenvalue weighted by atomic mass is 9.67. The first-order valence-corrected chi connectivity index (χ1v) is 10.6. The lowest BCUT2D eigenvalue weighted by molar-refractivity contribution is -0.136. The number of ether oxygens (including phenoxy) is 1. The number of rotatable bonds is 5. The molecule has 2 aliphatic rings. The highest BCUT2D eigenvalue weighted by Crippen LogP contribution is 2.40. The molecule has 2 fully saturated rings. The lowest BCUT2D eigenvalue weighted by Crippen LogP contribution is -2.40. The number of aromatic nitrogens is 2. The van der Waals surface area contributed by atoms with Gasteiger partial charge in [-0.2, -0.15) is 5.10 Å². The number of benzene rings is 1. The second-order valence-electron chi connectivity index (χ2n) is 8.21. The van der Waals surface area contributed by atoms with E-state index in [1.807, 2.05) is 31.2 Å². The summed E-state index contributed by atoms with van der Waals surface area (Å²) >= 11 is 0. The van der Waals surface area contributed by atoms with Crippen molar-refractivity contribution in [3.05, 3.63) is 41.7 Å². The summed E-state index contributed by atoms with van der Waals surface area (Å²) in [5.74, 6) is -0.0911. The Morgan fingerprint density at radius 2 is 1.97 bits per heavy atom. The Balaban J connectivity index is 1.48. The van der Waals surface area contributed by atoms with E-state index in [1.54, 1.807) is 11.6 Å². The van der Waals surface area contributed by atoms with Crippen molar-refractivity contribution in [2.45, 2.75) is 46.0 Å². The second-order valence-corrected chi connectivity index (χ2v) is 8.21. The first-order chi connectivity index (χ1) is 14.5. The van der Waals surface area contributed by atoms with E-state index in [1.165, 1.54) is 6.20 Å². The fourth-order valence-electron chi connectivity index (χ4n) is 4.73. The van der Waals surface area contributed by atoms with E-state index >= 15 is 0 Å². The number of amides is 1. The molecule has 2 saturated carbocycles. The summed E-state index contributed by atoms with van der Waals surface area (Å²) in [5.41, 5.74) is 2.52. The van der Waals surface area contributed by atoms with Gasteiger partial charge in [-0.15, -0.1) is 0 Å². The van der Waals surface area contributed by atoms with Gasteiger partial charge in [0, 0.05) is 23.4 Å². The predicted molar refractivity (Wildman–Crippen MR) is 111 cm³/mol. The van der Waals surface area contributed by atoms with Gasteiger partial charge in [-0.1, -0.05) is 12.5 Å². The van der Waals surface area contributed by atoms with E-state index in [2.05, 4.69) is 10.4 Å². The van der Waals surface area contributed by atoms with Crippen LogP contribution < -0.4 is 5.32 Å². The van der Waals surface area contributed by atoms with Gasteiger partial charge < -0.3 is 10.1 Å². The highest BCUT2D eigenvalue weighted by atomic mass is 16.5. The van der Waals surface area contributed by atoms with E-state index in [0.717, 1.165) is 24.9 Å². The van der Waals surface area contributed by atoms with Crippen LogP contribution in [0.15, 0.2) is 30.5 Å². The molecule has 1 amide bonds. The summed E-state index contributed by atoms with van der Waals surface area (Å²) in [5, 5.41) is 7.32. The molecule has 0 saturated heterocycles. The fraction of sp³-hybridized carbons (Fsp3) is 0.478. The van der Waals surface area contributed by atoms with Gasteiger partial charge in [0.15, 0.2) is 0 Å². The number of hydrogen-bond donors (Lipinski definition) is 1. The van der Waals surface area contributed by atoms with E-state index in [4.69, 9.17) is 4.74 Å². The van der Waals surface area contributed by atoms with Crippen LogP contribution in [0.4, 0.5) is 5.69 Å². The van der Waals surface area contributed by atoms with Crippen molar-refractivity contribution >= 4 is 23.3 Å². The van der Waals surface area contributed by atoms with Gasteiger partial charge in [0.05, 0.1) is 24.2 Å². The van der Waals surface area contributed by atoms with Crippen molar-refractivity contribution in [2.24, 2.45) is 17.8 Å². The van der Waals surface area contributed by atoms with Gasteiger partial charge in [-0.05, 0) is 57.7 Å². The van der Waals surface area contributed by atoms with E-state index in [-0.39, 0.29) is 23.7 Å². The SMILES string of the molecule is CCOC(=O)c1cnn(-c2cccc(NC(=O)C3CC4CCCC(C3)C4=O)c2)c1C. The van der Waals surface area contributed by atoms with Crippen molar-refractivity contribution in [3.8, 4) is 5.69 Å². The molecule has 158 valence electrons. The van der Waals surface area contributed by atoms with Gasteiger partial charge in [-0.25, -0.2) is 9.48 Å². The molecular formula is C23H27N3O4. The number of anilines is 1. The average molecular weight is 409 g/mol. The normalized spacial score (nSPS) is 23.1. The quantitative estimate of drug-likeness (QED) is 0.761. The zero-order valence-electron chi connectivity index (χ0n) is 17.4. The number of fused-ring (bicyclic) bond motifs is 2. The summed E-state index contributed by atoms with van der Waals surface area (Å²) in [4.78, 5) is 37.2. The standard InChI is InChI=1S/C23H27N3O4/c1-3-30-23(29)20-13-24-26(14(20)2)19-9-5-8-18(12-19)25-22(28)17-10-15-6-4-7-16(11-17)21(15)27/h5,8-9,12-13,15-17H,3-4,6-7,10-11H2,1-2H3,(H,25,28). The minimum Gasteiger partial charge on any atom is -0.462 e. The molecule has 0 aliphatic heterocycles. The molecule has 4 rings (SSSR count). The Hall–Kier alpha value is -2.96. The lowest BCUT2D eigenvalue weighted by Gasteiger charge is -2.36. The van der Waals surface area contributed by atoms with Crippen LogP contribution in [0.3, 0.4) is 0 Å². The topological polar surface area (TPSA) is 90.3 Å². The molecule has 7 heteroatoms. The number of hydrogen-bond acceptors (Lipinski definition) is 5. The van der Waals surface area contributed by atoms with Crippen molar-refractivity contribution in [1.82, 2.24) is 9.78 Å². The van der Waals surface area contributed by atoms with Crippen molar-refractivity contribution in [2.75, 3.05) is 11.9 Å². The van der Waals surface area contributed by atoms with Crippen LogP contribution in [0.25, 0.3) is 5.69 Å². The molecule has 7 nitrogen and oxygen atoms in total. The zero-order valence-corrected chi connectivity index (χ0v) is 17.4. The summed E-state index contributed by atoms with van der Waals surface area (Å²) in [6.07, 6.45) is 5.72. The Bertz CT molecular complexity index is 965. The number of carbonyl (C=O) groups is 3. The molecule has 2 aliphatic carbocycles. The molecule has 30 heavy (non-hydrogen) atoms. The van der Waals surface area contributed by atoms with E-state index < -0.39 is 5.97 Å². The Morgan fingerprint density at radius 3 is 2.67 bits per heavy atom. The van der Waals surface area contributed by atoms with E-state index in [0.29, 0.717) is 42.2 Å². The number of nitrogens with zero attached hydrogens (tertiary/aromatic N) is 2. The Labute approximate surface area is 175 Å². The third kappa shape index (κ3) is 3.88. The van der Waals surface area contributed by atoms with Crippen LogP contribution in [0.2, 0.25) is 0 Å². The molecule has 2 bridgehead atoms. The third-order valence-corrected chi connectivity index (χ3v) is 6.28. The summed E-state index contributed by atoms with van der Waals surface area (Å²) < 4.78 is 6.73. The molecule has 1 N–H and O–H groups in total. The van der Waals surface area contributed by atoms with Gasteiger partial charge in [0.2, 0.25) is 5.91 Å². The maximum Gasteiger partial charge on any atom is 0.341 e. The first-order valence-electron chi connectivity index (χ1n) is 10.6. The molecule has 2 unspecified atom stereocenters. The Kier molecular flexibility index (Phi) is 5.70. The highest BCUT2D eigenvalue weighted by Gasteiger charge is 2.41. The number of Topliss-reactive ketones (excluding diaryl/α,β-unsaturated/α-hetero) is 1. The monoisotopic (exact) mass is 409 g/mol. The number of ketones is 1. The summed E-state index contributed by atoms with van der Waals surface area (Å²) in [6.45, 7) is 3.88. The average Bonchev–Trinajstić information content (AvgIpc) is 3.09. The molecule has 0 spiro atoms. The third-order valence-electron chi connectivity index (χ3n) is 6.28. The van der Waals surface area contributed by atoms with E-state index in [9.17, 15) is 14.4 Å². The molecule has 2 atom stereocenters. The minimum atomic E-state index is -0.400. The van der Waals surface area contributed by atoms with Crippen LogP contribution in [-0.4, -0.2) is 34.0 Å². The minimum absolute atomic E-state index is 0.0269. The summed E-state index contributed by atoms with van der Waals surface area (Å²) in [6, 6.07) is 7.38. The Morgan fingerprint density at radius 1 is 1.23 bits per heavy atom. The highest BCUT2D eigenvalue weighted by molar-refractivity contribution is 5.95. The van der Waals surface area contributed by atoms with Gasteiger partial charge in [0.25, 0.3) is 0 Å². The maximum atomic E-state index is 12.9. The largest absolute Gasteiger partial charge is 0.462 e. The van der Waals surface area contributed by atoms with Crippen LogP contribution in [-0.2, 0) is 14.3 Å². The van der Waals surface area contributed by atoms with Gasteiger partial charge in [0.1, 0.15) is 11.3 Å². The molecule has 1 aromatic carbocycles. The molecular weight excluding hydrogens is 382 g/mol. The van der Waals surface area contributed by atoms with Crippen molar-refractivity contribution < 1.29 is 19.1 Å². The molecule has 1 aromatic heterocycles. The maximum absolute atomic E-state index is 12.9. The molecule has 2 aromatic rings. The number of nitrogens with one attached hydrogen (secondary N) is 1. The molecule has 0 radical (unpaired) electrons. The second kappa shape index (κ2) is 8.42. The summed E-state index contributed by atoms with van der Waals surface area (Å²) in [7, 11) is 0. The molecule has 1 heterocycles. The van der Waals surface area contributed by atoms with Crippen LogP contribution in [0.5, 0.6) is 0 Å². The van der Waals surface area contributed by atoms with Crippen LogP contribution >= 0.6 is 0 Å².